The first-order chi connectivity index (χ1) is 9.25. The summed E-state index contributed by atoms with van der Waals surface area (Å²) in [7, 11) is 0. The molecule has 4 rings (SSSR count). The number of hydrogen-bond donors (Lipinski definition) is 1. The van der Waals surface area contributed by atoms with E-state index in [-0.39, 0.29) is 11.4 Å². The van der Waals surface area contributed by atoms with Crippen molar-refractivity contribution in [2.24, 2.45) is 0 Å². The van der Waals surface area contributed by atoms with Gasteiger partial charge in [0.2, 0.25) is 0 Å². The second-order valence-electron chi connectivity index (χ2n) is 4.17. The Morgan fingerprint density at radius 1 is 1.26 bits per heavy atom. The molecule has 4 aromatic rings. The van der Waals surface area contributed by atoms with Gasteiger partial charge in [-0.1, -0.05) is 24.4 Å². The normalized spacial score (nSPS) is 11.6. The number of oxazole rings is 1. The summed E-state index contributed by atoms with van der Waals surface area (Å²) in [5.74, 6) is 0.243. The summed E-state index contributed by atoms with van der Waals surface area (Å²) >= 11 is 5.22. The second kappa shape index (κ2) is 3.52. The molecule has 0 radical (unpaired) electrons. The van der Waals surface area contributed by atoms with Crippen LogP contribution in [-0.4, -0.2) is 14.4 Å². The molecule has 0 aliphatic carbocycles. The molecule has 0 bridgehead atoms. The number of H-pyrrole nitrogens is 1. The summed E-state index contributed by atoms with van der Waals surface area (Å²) in [6.45, 7) is 0. The molecule has 0 fully saturated rings. The molecule has 0 saturated carbocycles. The molecule has 19 heavy (non-hydrogen) atoms. The third-order valence-corrected chi connectivity index (χ3v) is 3.40. The highest BCUT2D eigenvalue weighted by molar-refractivity contribution is 7.71. The van der Waals surface area contributed by atoms with Crippen molar-refractivity contribution in [2.45, 2.75) is 0 Å². The van der Waals surface area contributed by atoms with Crippen molar-refractivity contribution in [1.29, 1.82) is 0 Å². The fraction of sp³-hybridized carbons (Fsp3) is 0. The van der Waals surface area contributed by atoms with E-state index < -0.39 is 0 Å². The van der Waals surface area contributed by atoms with Crippen molar-refractivity contribution in [1.82, 2.24) is 14.4 Å². The Labute approximate surface area is 111 Å². The Kier molecular flexibility index (Phi) is 1.94. The van der Waals surface area contributed by atoms with Gasteiger partial charge in [0.15, 0.2) is 11.2 Å². The minimum absolute atomic E-state index is 0.243. The highest BCUT2D eigenvalue weighted by Gasteiger charge is 2.13. The van der Waals surface area contributed by atoms with Crippen molar-refractivity contribution < 1.29 is 4.42 Å². The highest BCUT2D eigenvalue weighted by atomic mass is 32.1. The Morgan fingerprint density at radius 2 is 2.11 bits per heavy atom. The van der Waals surface area contributed by atoms with Crippen molar-refractivity contribution >= 4 is 40.2 Å². The van der Waals surface area contributed by atoms with E-state index >= 15 is 0 Å². The molecule has 92 valence electrons. The number of fused-ring (bicyclic) bond motifs is 5. The van der Waals surface area contributed by atoms with Crippen LogP contribution in [0.25, 0.3) is 28.0 Å². The van der Waals surface area contributed by atoms with Gasteiger partial charge in [0.1, 0.15) is 0 Å². The minimum atomic E-state index is -0.305. The van der Waals surface area contributed by atoms with Gasteiger partial charge in [-0.3, -0.25) is 4.79 Å². The van der Waals surface area contributed by atoms with Gasteiger partial charge in [0.25, 0.3) is 5.56 Å². The summed E-state index contributed by atoms with van der Waals surface area (Å²) in [6, 6.07) is 9.01. The van der Waals surface area contributed by atoms with E-state index in [1.807, 2.05) is 18.2 Å². The van der Waals surface area contributed by atoms with Crippen molar-refractivity contribution in [3.05, 3.63) is 51.4 Å². The largest absolute Gasteiger partial charge is 0.420 e. The third kappa shape index (κ3) is 1.31. The maximum absolute atomic E-state index is 11.9. The molecule has 1 aromatic carbocycles. The first-order valence-electron chi connectivity index (χ1n) is 5.67. The number of pyridine rings is 1. The standard InChI is InChI=1S/C13H7N3O2S/c17-12-7-3-1-2-4-8(7)16-11-10(18-13(16)15-12)9(19)5-6-14-11/h1-6H,(H,14,19). The number of hydrogen-bond acceptors (Lipinski definition) is 4. The van der Waals surface area contributed by atoms with Crippen LogP contribution in [0.15, 0.2) is 45.7 Å². The molecule has 3 aromatic heterocycles. The Morgan fingerprint density at radius 3 is 3.00 bits per heavy atom. The average Bonchev–Trinajstić information content (AvgIpc) is 2.79. The Bertz CT molecular complexity index is 1060. The minimum Gasteiger partial charge on any atom is -0.420 e. The van der Waals surface area contributed by atoms with Gasteiger partial charge in [-0.15, -0.1) is 0 Å². The summed E-state index contributed by atoms with van der Waals surface area (Å²) in [6.07, 6.45) is 1.74. The molecule has 3 heterocycles. The zero-order valence-electron chi connectivity index (χ0n) is 9.58. The summed E-state index contributed by atoms with van der Waals surface area (Å²) in [5.41, 5.74) is 1.67. The monoisotopic (exact) mass is 269 g/mol. The summed E-state index contributed by atoms with van der Waals surface area (Å²) in [4.78, 5) is 19.0. The van der Waals surface area contributed by atoms with Crippen LogP contribution in [0.1, 0.15) is 0 Å². The smallest absolute Gasteiger partial charge is 0.311 e. The molecule has 1 N–H and O–H groups in total. The van der Waals surface area contributed by atoms with Crippen molar-refractivity contribution in [3.8, 4) is 0 Å². The van der Waals surface area contributed by atoms with Crippen LogP contribution in [0.4, 0.5) is 0 Å². The van der Waals surface area contributed by atoms with E-state index in [4.69, 9.17) is 16.6 Å². The Balaban J connectivity index is 2.46. The second-order valence-corrected chi connectivity index (χ2v) is 4.61. The first kappa shape index (κ1) is 10.5. The number of nitrogens with zero attached hydrogens (tertiary/aromatic N) is 2. The molecule has 0 aliphatic rings. The lowest BCUT2D eigenvalue weighted by atomic mass is 10.2. The fourth-order valence-corrected chi connectivity index (χ4v) is 2.45. The molecule has 0 spiro atoms. The summed E-state index contributed by atoms with van der Waals surface area (Å²) in [5, 5.41) is 0.547. The number of aromatic amines is 1. The van der Waals surface area contributed by atoms with Gasteiger partial charge in [-0.2, -0.15) is 4.98 Å². The SMILES string of the molecule is O=c1nc2oc3c(=S)cc[nH]c3n2c2ccccc12. The van der Waals surface area contributed by atoms with E-state index in [2.05, 4.69) is 9.97 Å². The number of rotatable bonds is 0. The van der Waals surface area contributed by atoms with Crippen molar-refractivity contribution in [3.63, 3.8) is 0 Å². The van der Waals surface area contributed by atoms with Crippen LogP contribution < -0.4 is 5.56 Å². The van der Waals surface area contributed by atoms with E-state index in [1.165, 1.54) is 0 Å². The topological polar surface area (TPSA) is 63.3 Å². The van der Waals surface area contributed by atoms with Crippen LogP contribution in [0.5, 0.6) is 0 Å². The predicted octanol–water partition coefficient (Wildman–Crippen LogP) is 2.65. The molecule has 0 aliphatic heterocycles. The average molecular weight is 269 g/mol. The molecule has 6 heteroatoms. The van der Waals surface area contributed by atoms with E-state index in [1.54, 1.807) is 22.7 Å². The van der Waals surface area contributed by atoms with Crippen LogP contribution >= 0.6 is 12.2 Å². The van der Waals surface area contributed by atoms with Crippen LogP contribution in [0.3, 0.4) is 0 Å². The molecule has 0 saturated heterocycles. The van der Waals surface area contributed by atoms with Gasteiger partial charge in [-0.25, -0.2) is 4.40 Å². The zero-order chi connectivity index (χ0) is 13.0. The van der Waals surface area contributed by atoms with E-state index in [0.29, 0.717) is 21.1 Å². The van der Waals surface area contributed by atoms with Gasteiger partial charge in [-0.05, 0) is 18.2 Å². The lowest BCUT2D eigenvalue weighted by Crippen LogP contribution is -2.09. The fourth-order valence-electron chi connectivity index (χ4n) is 2.24. The van der Waals surface area contributed by atoms with Crippen LogP contribution in [0.2, 0.25) is 0 Å². The van der Waals surface area contributed by atoms with E-state index in [0.717, 1.165) is 5.52 Å². The zero-order valence-corrected chi connectivity index (χ0v) is 10.4. The van der Waals surface area contributed by atoms with Gasteiger partial charge < -0.3 is 9.40 Å². The van der Waals surface area contributed by atoms with Gasteiger partial charge in [0.05, 0.1) is 15.4 Å². The highest BCUT2D eigenvalue weighted by Crippen LogP contribution is 2.21. The molecule has 0 amide bonds. The number of nitrogens with one attached hydrogen (secondary N) is 1. The van der Waals surface area contributed by atoms with Gasteiger partial charge in [0, 0.05) is 6.20 Å². The number of aromatic nitrogens is 3. The lowest BCUT2D eigenvalue weighted by Gasteiger charge is -1.99. The molecular weight excluding hydrogens is 262 g/mol. The quantitative estimate of drug-likeness (QED) is 0.498. The van der Waals surface area contributed by atoms with Crippen LogP contribution in [0, 0.1) is 4.51 Å². The maximum atomic E-state index is 11.9. The Hall–Kier alpha value is -2.47. The molecular formula is C13H7N3O2S. The molecule has 0 atom stereocenters. The van der Waals surface area contributed by atoms with Gasteiger partial charge >= 0.3 is 5.84 Å². The number of para-hydroxylation sites is 1. The lowest BCUT2D eigenvalue weighted by molar-refractivity contribution is 0.635. The number of benzene rings is 1. The molecule has 0 unspecified atom stereocenters. The third-order valence-electron chi connectivity index (χ3n) is 3.07. The van der Waals surface area contributed by atoms with Crippen molar-refractivity contribution in [2.75, 3.05) is 0 Å². The van der Waals surface area contributed by atoms with E-state index in [9.17, 15) is 4.79 Å². The summed E-state index contributed by atoms with van der Waals surface area (Å²) < 4.78 is 7.93. The molecule has 5 nitrogen and oxygen atoms in total. The predicted molar refractivity (Wildman–Crippen MR) is 73.9 cm³/mol. The maximum Gasteiger partial charge on any atom is 0.311 e. The van der Waals surface area contributed by atoms with Crippen LogP contribution in [-0.2, 0) is 0 Å². The first-order valence-corrected chi connectivity index (χ1v) is 6.08.